The third-order valence-corrected chi connectivity index (χ3v) is 4.38. The molecule has 2 aromatic carbocycles. The number of anilines is 1. The van der Waals surface area contributed by atoms with Gasteiger partial charge < -0.3 is 10.6 Å². The summed E-state index contributed by atoms with van der Waals surface area (Å²) in [5, 5.41) is 27.3. The Labute approximate surface area is 161 Å². The van der Waals surface area contributed by atoms with E-state index in [2.05, 4.69) is 10.6 Å². The predicted octanol–water partition coefficient (Wildman–Crippen LogP) is 2.79. The van der Waals surface area contributed by atoms with E-state index < -0.39 is 10.5 Å². The molecule has 0 atom stereocenters. The molecule has 142 valence electrons. The van der Waals surface area contributed by atoms with Crippen molar-refractivity contribution in [1.29, 1.82) is 5.26 Å². The quantitative estimate of drug-likeness (QED) is 0.372. The Morgan fingerprint density at radius 3 is 2.54 bits per heavy atom. The summed E-state index contributed by atoms with van der Waals surface area (Å²) >= 11 is 0. The monoisotopic (exact) mass is 377 g/mol. The van der Waals surface area contributed by atoms with Crippen LogP contribution in [-0.4, -0.2) is 29.6 Å². The van der Waals surface area contributed by atoms with Crippen LogP contribution in [0, 0.1) is 21.4 Å². The van der Waals surface area contributed by atoms with Gasteiger partial charge in [-0.25, -0.2) is 0 Å². The number of benzene rings is 2. The fourth-order valence-corrected chi connectivity index (χ4v) is 2.97. The summed E-state index contributed by atoms with van der Waals surface area (Å²) < 4.78 is 1.41. The molecule has 0 saturated carbocycles. The Morgan fingerprint density at radius 1 is 1.14 bits per heavy atom. The fraction of sp³-hybridized carbons (Fsp3) is 0.200. The second-order valence-electron chi connectivity index (χ2n) is 6.24. The lowest BCUT2D eigenvalue weighted by molar-refractivity contribution is -0.384. The number of fused-ring (bicyclic) bond motifs is 1. The maximum Gasteiger partial charge on any atom is 0.273 e. The molecular formula is C20H19N5O3. The summed E-state index contributed by atoms with van der Waals surface area (Å²) in [6.45, 7) is 1.66. The van der Waals surface area contributed by atoms with Gasteiger partial charge in [-0.05, 0) is 50.3 Å². The molecule has 0 aliphatic heterocycles. The van der Waals surface area contributed by atoms with Gasteiger partial charge in [0, 0.05) is 35.4 Å². The van der Waals surface area contributed by atoms with Crippen LogP contribution in [0.2, 0.25) is 0 Å². The molecule has 0 amide bonds. The van der Waals surface area contributed by atoms with Crippen LogP contribution < -0.4 is 16.2 Å². The number of rotatable bonds is 7. The molecule has 2 N–H and O–H groups in total. The molecule has 0 saturated heterocycles. The number of hydrogen-bond acceptors (Lipinski definition) is 6. The SMILES string of the molecule is CNCCCNc1ccc2cc(C#N)c(=O)n(-c3ccc([N+](=O)[O-])cc3)c2c1. The molecule has 0 aliphatic carbocycles. The second-order valence-corrected chi connectivity index (χ2v) is 6.24. The van der Waals surface area contributed by atoms with Gasteiger partial charge in [0.25, 0.3) is 11.2 Å². The van der Waals surface area contributed by atoms with Crippen LogP contribution in [0.1, 0.15) is 12.0 Å². The van der Waals surface area contributed by atoms with E-state index in [1.165, 1.54) is 28.8 Å². The van der Waals surface area contributed by atoms with Crippen LogP contribution in [0.5, 0.6) is 0 Å². The summed E-state index contributed by atoms with van der Waals surface area (Å²) in [5.41, 5.74) is 1.42. The number of nitriles is 1. The zero-order chi connectivity index (χ0) is 20.1. The zero-order valence-electron chi connectivity index (χ0n) is 15.3. The fourth-order valence-electron chi connectivity index (χ4n) is 2.97. The Kier molecular flexibility index (Phi) is 5.67. The van der Waals surface area contributed by atoms with E-state index in [4.69, 9.17) is 0 Å². The zero-order valence-corrected chi connectivity index (χ0v) is 15.3. The second kappa shape index (κ2) is 8.33. The molecule has 8 heteroatoms. The molecule has 3 aromatic rings. The number of aromatic nitrogens is 1. The van der Waals surface area contributed by atoms with E-state index in [0.29, 0.717) is 11.2 Å². The van der Waals surface area contributed by atoms with Crippen LogP contribution >= 0.6 is 0 Å². The summed E-state index contributed by atoms with van der Waals surface area (Å²) in [5.74, 6) is 0. The average Bonchev–Trinajstić information content (AvgIpc) is 2.71. The Hall–Kier alpha value is -3.70. The van der Waals surface area contributed by atoms with Crippen LogP contribution in [0.25, 0.3) is 16.6 Å². The van der Waals surface area contributed by atoms with Gasteiger partial charge in [-0.2, -0.15) is 5.26 Å². The van der Waals surface area contributed by atoms with Gasteiger partial charge in [0.2, 0.25) is 0 Å². The minimum absolute atomic E-state index is 0.0144. The summed E-state index contributed by atoms with van der Waals surface area (Å²) in [6.07, 6.45) is 0.942. The Bertz CT molecular complexity index is 1110. The lowest BCUT2D eigenvalue weighted by atomic mass is 10.1. The van der Waals surface area contributed by atoms with Gasteiger partial charge >= 0.3 is 0 Å². The Morgan fingerprint density at radius 2 is 1.89 bits per heavy atom. The number of nitro groups is 1. The highest BCUT2D eigenvalue weighted by molar-refractivity contribution is 5.85. The maximum atomic E-state index is 12.8. The first kappa shape index (κ1) is 19.1. The van der Waals surface area contributed by atoms with Gasteiger partial charge in [-0.3, -0.25) is 19.5 Å². The molecule has 0 unspecified atom stereocenters. The molecule has 3 rings (SSSR count). The van der Waals surface area contributed by atoms with Gasteiger partial charge in [0.15, 0.2) is 0 Å². The van der Waals surface area contributed by atoms with Gasteiger partial charge in [0.05, 0.1) is 10.4 Å². The highest BCUT2D eigenvalue weighted by Gasteiger charge is 2.13. The Balaban J connectivity index is 2.12. The molecule has 0 bridgehead atoms. The first-order chi connectivity index (χ1) is 13.5. The lowest BCUT2D eigenvalue weighted by Gasteiger charge is -2.13. The summed E-state index contributed by atoms with van der Waals surface area (Å²) in [4.78, 5) is 23.2. The van der Waals surface area contributed by atoms with Gasteiger partial charge in [0.1, 0.15) is 11.6 Å². The molecular weight excluding hydrogens is 358 g/mol. The van der Waals surface area contributed by atoms with Crippen molar-refractivity contribution in [2.75, 3.05) is 25.5 Å². The normalized spacial score (nSPS) is 10.6. The summed E-state index contributed by atoms with van der Waals surface area (Å²) in [6, 6.07) is 14.8. The number of nitrogens with zero attached hydrogens (tertiary/aromatic N) is 3. The molecule has 1 heterocycles. The highest BCUT2D eigenvalue weighted by atomic mass is 16.6. The van der Waals surface area contributed by atoms with Gasteiger partial charge in [-0.1, -0.05) is 6.07 Å². The first-order valence-electron chi connectivity index (χ1n) is 8.78. The van der Waals surface area contributed by atoms with Crippen molar-refractivity contribution in [2.45, 2.75) is 6.42 Å². The molecule has 1 aromatic heterocycles. The molecule has 0 fully saturated rings. The van der Waals surface area contributed by atoms with E-state index in [1.54, 1.807) is 6.07 Å². The molecule has 28 heavy (non-hydrogen) atoms. The van der Waals surface area contributed by atoms with E-state index >= 15 is 0 Å². The number of pyridine rings is 1. The predicted molar refractivity (Wildman–Crippen MR) is 108 cm³/mol. The molecule has 8 nitrogen and oxygen atoms in total. The van der Waals surface area contributed by atoms with Crippen molar-refractivity contribution in [1.82, 2.24) is 9.88 Å². The largest absolute Gasteiger partial charge is 0.385 e. The van der Waals surface area contributed by atoms with Crippen molar-refractivity contribution >= 4 is 22.3 Å². The van der Waals surface area contributed by atoms with Gasteiger partial charge in [-0.15, -0.1) is 0 Å². The lowest BCUT2D eigenvalue weighted by Crippen LogP contribution is -2.21. The van der Waals surface area contributed by atoms with Crippen molar-refractivity contribution < 1.29 is 4.92 Å². The van der Waals surface area contributed by atoms with Crippen LogP contribution in [0.3, 0.4) is 0 Å². The smallest absolute Gasteiger partial charge is 0.273 e. The average molecular weight is 377 g/mol. The molecule has 0 aliphatic rings. The number of hydrogen-bond donors (Lipinski definition) is 2. The van der Waals surface area contributed by atoms with Crippen molar-refractivity contribution in [3.05, 3.63) is 74.6 Å². The topological polar surface area (TPSA) is 113 Å². The summed E-state index contributed by atoms with van der Waals surface area (Å²) in [7, 11) is 1.89. The first-order valence-corrected chi connectivity index (χ1v) is 8.78. The third kappa shape index (κ3) is 3.84. The minimum atomic E-state index is -0.496. The van der Waals surface area contributed by atoms with E-state index in [9.17, 15) is 20.2 Å². The standard InChI is InChI=1S/C20H19N5O3/c1-22-9-2-10-23-16-4-3-14-11-15(13-21)20(26)24(19(14)12-16)17-5-7-18(8-6-17)25(27)28/h3-8,11-12,22-23H,2,9-10H2,1H3. The third-order valence-electron chi connectivity index (χ3n) is 4.38. The van der Waals surface area contributed by atoms with Crippen LogP contribution in [0.4, 0.5) is 11.4 Å². The van der Waals surface area contributed by atoms with Crippen molar-refractivity contribution in [2.24, 2.45) is 0 Å². The van der Waals surface area contributed by atoms with E-state index in [0.717, 1.165) is 30.6 Å². The number of nitrogens with one attached hydrogen (secondary N) is 2. The number of nitro benzene ring substituents is 1. The van der Waals surface area contributed by atoms with Crippen molar-refractivity contribution in [3.63, 3.8) is 0 Å². The highest BCUT2D eigenvalue weighted by Crippen LogP contribution is 2.23. The van der Waals surface area contributed by atoms with E-state index in [-0.39, 0.29) is 11.3 Å². The van der Waals surface area contributed by atoms with Crippen LogP contribution in [-0.2, 0) is 0 Å². The maximum absolute atomic E-state index is 12.8. The minimum Gasteiger partial charge on any atom is -0.385 e. The van der Waals surface area contributed by atoms with E-state index in [1.807, 2.05) is 31.3 Å². The van der Waals surface area contributed by atoms with Crippen molar-refractivity contribution in [3.8, 4) is 11.8 Å². The molecule has 0 spiro atoms. The van der Waals surface area contributed by atoms with Crippen LogP contribution in [0.15, 0.2) is 53.3 Å². The number of non-ortho nitro benzene ring substituents is 1. The molecule has 0 radical (unpaired) electrons.